The molecular weight excluding hydrogens is 288 g/mol. The van der Waals surface area contributed by atoms with Crippen molar-refractivity contribution in [2.45, 2.75) is 18.8 Å². The molecule has 1 heterocycles. The van der Waals surface area contributed by atoms with E-state index in [1.54, 1.807) is 18.2 Å². The van der Waals surface area contributed by atoms with Crippen molar-refractivity contribution in [1.82, 2.24) is 4.98 Å². The van der Waals surface area contributed by atoms with E-state index in [2.05, 4.69) is 4.98 Å². The van der Waals surface area contributed by atoms with Gasteiger partial charge >= 0.3 is 0 Å². The van der Waals surface area contributed by atoms with Crippen LogP contribution in [0.3, 0.4) is 0 Å². The lowest BCUT2D eigenvalue weighted by atomic mass is 9.82. The molecule has 0 bridgehead atoms. The van der Waals surface area contributed by atoms with Crippen LogP contribution < -0.4 is 10.3 Å². The van der Waals surface area contributed by atoms with Gasteiger partial charge < -0.3 is 9.72 Å². The highest BCUT2D eigenvalue weighted by Crippen LogP contribution is 2.42. The predicted molar refractivity (Wildman–Crippen MR) is 75.0 cm³/mol. The Morgan fingerprint density at radius 1 is 1.25 bits per heavy atom. The van der Waals surface area contributed by atoms with E-state index in [-0.39, 0.29) is 43.3 Å². The molecule has 3 rings (SSSR count). The smallest absolute Gasteiger partial charge is 0.248 e. The molecule has 0 amide bonds. The first-order valence-electron chi connectivity index (χ1n) is 6.16. The van der Waals surface area contributed by atoms with Crippen LogP contribution in [0.5, 0.6) is 5.75 Å². The Balaban J connectivity index is 0.00000147. The maximum absolute atomic E-state index is 12.7. The van der Waals surface area contributed by atoms with Gasteiger partial charge in [-0.2, -0.15) is 0 Å². The summed E-state index contributed by atoms with van der Waals surface area (Å²) in [5.41, 5.74) is 0.507. The fraction of sp³-hybridized carbons (Fsp3) is 0.357. The molecule has 1 aromatic heterocycles. The molecule has 108 valence electrons. The van der Waals surface area contributed by atoms with Gasteiger partial charge in [0.15, 0.2) is 0 Å². The average Bonchev–Trinajstić information content (AvgIpc) is 2.33. The zero-order valence-electron chi connectivity index (χ0n) is 10.6. The summed E-state index contributed by atoms with van der Waals surface area (Å²) in [6.45, 7) is 0.290. The largest absolute Gasteiger partial charge is 0.493 e. The van der Waals surface area contributed by atoms with E-state index in [1.807, 2.05) is 6.07 Å². The minimum absolute atomic E-state index is 0. The molecule has 1 aliphatic carbocycles. The molecule has 0 aliphatic heterocycles. The number of aromatic nitrogens is 1. The van der Waals surface area contributed by atoms with Crippen molar-refractivity contribution in [3.63, 3.8) is 0 Å². The van der Waals surface area contributed by atoms with Crippen LogP contribution in [0.4, 0.5) is 8.78 Å². The van der Waals surface area contributed by atoms with Gasteiger partial charge in [-0.1, -0.05) is 0 Å². The Hall–Kier alpha value is -1.62. The van der Waals surface area contributed by atoms with Crippen molar-refractivity contribution < 1.29 is 13.5 Å². The zero-order chi connectivity index (χ0) is 13.5. The van der Waals surface area contributed by atoms with Gasteiger partial charge in [0.2, 0.25) is 11.5 Å². The lowest BCUT2D eigenvalue weighted by Crippen LogP contribution is -2.38. The van der Waals surface area contributed by atoms with E-state index >= 15 is 0 Å². The Morgan fingerprint density at radius 3 is 2.65 bits per heavy atom. The molecule has 1 fully saturated rings. The lowest BCUT2D eigenvalue weighted by Gasteiger charge is -2.34. The highest BCUT2D eigenvalue weighted by molar-refractivity contribution is 5.85. The molecule has 1 N–H and O–H groups in total. The molecule has 1 aromatic carbocycles. The number of hydrogen-bond acceptors (Lipinski definition) is 2. The van der Waals surface area contributed by atoms with Crippen molar-refractivity contribution in [3.8, 4) is 5.75 Å². The average molecular weight is 302 g/mol. The fourth-order valence-corrected chi connectivity index (χ4v) is 2.34. The maximum atomic E-state index is 12.7. The van der Waals surface area contributed by atoms with Crippen LogP contribution >= 0.6 is 12.4 Å². The monoisotopic (exact) mass is 301 g/mol. The third-order valence-electron chi connectivity index (χ3n) is 3.36. The van der Waals surface area contributed by atoms with E-state index in [9.17, 15) is 13.6 Å². The van der Waals surface area contributed by atoms with E-state index in [4.69, 9.17) is 4.74 Å². The van der Waals surface area contributed by atoms with Gasteiger partial charge in [0.25, 0.3) is 0 Å². The summed E-state index contributed by atoms with van der Waals surface area (Å²) in [7, 11) is 0. The summed E-state index contributed by atoms with van der Waals surface area (Å²) < 4.78 is 30.8. The molecule has 1 saturated carbocycles. The van der Waals surface area contributed by atoms with E-state index in [0.29, 0.717) is 11.3 Å². The minimum Gasteiger partial charge on any atom is -0.493 e. The van der Waals surface area contributed by atoms with E-state index in [1.165, 1.54) is 6.07 Å². The van der Waals surface area contributed by atoms with Gasteiger partial charge in [0, 0.05) is 30.9 Å². The van der Waals surface area contributed by atoms with Gasteiger partial charge in [0.1, 0.15) is 5.75 Å². The van der Waals surface area contributed by atoms with Crippen molar-refractivity contribution in [3.05, 3.63) is 40.7 Å². The van der Waals surface area contributed by atoms with E-state index < -0.39 is 5.92 Å². The fourth-order valence-electron chi connectivity index (χ4n) is 2.34. The molecule has 2 aromatic rings. The predicted octanol–water partition coefficient (Wildman–Crippen LogP) is 3.37. The van der Waals surface area contributed by atoms with Crippen LogP contribution in [0.15, 0.2) is 35.1 Å². The number of pyridine rings is 1. The SMILES string of the molecule is Cl.O=c1ccc2ccc(OCC3CC(F)(F)C3)cc2[nH]1. The van der Waals surface area contributed by atoms with E-state index in [0.717, 1.165) is 5.39 Å². The number of H-pyrrole nitrogens is 1. The summed E-state index contributed by atoms with van der Waals surface area (Å²) >= 11 is 0. The van der Waals surface area contributed by atoms with Crippen LogP contribution in [-0.4, -0.2) is 17.5 Å². The first-order chi connectivity index (χ1) is 9.02. The Kier molecular flexibility index (Phi) is 3.99. The Labute approximate surface area is 120 Å². The lowest BCUT2D eigenvalue weighted by molar-refractivity contribution is -0.119. The van der Waals surface area contributed by atoms with Gasteiger partial charge in [0.05, 0.1) is 12.1 Å². The second-order valence-electron chi connectivity index (χ2n) is 5.01. The first kappa shape index (κ1) is 14.8. The molecule has 0 radical (unpaired) electrons. The standard InChI is InChI=1S/C14H13F2NO2.ClH/c15-14(16)6-9(7-14)8-19-11-3-1-10-2-4-13(18)17-12(10)5-11;/h1-5,9H,6-8H2,(H,17,18);1H. The number of benzene rings is 1. The van der Waals surface area contributed by atoms with Gasteiger partial charge in [-0.3, -0.25) is 4.79 Å². The van der Waals surface area contributed by atoms with Gasteiger partial charge in [-0.05, 0) is 23.6 Å². The normalized spacial score (nSPS) is 17.3. The van der Waals surface area contributed by atoms with Gasteiger partial charge in [-0.15, -0.1) is 12.4 Å². The number of aromatic amines is 1. The molecule has 20 heavy (non-hydrogen) atoms. The van der Waals surface area contributed by atoms with Crippen molar-refractivity contribution >= 4 is 23.3 Å². The molecule has 1 aliphatic rings. The second kappa shape index (κ2) is 5.40. The maximum Gasteiger partial charge on any atom is 0.248 e. The highest BCUT2D eigenvalue weighted by Gasteiger charge is 2.45. The van der Waals surface area contributed by atoms with Crippen LogP contribution in [0.25, 0.3) is 10.9 Å². The van der Waals surface area contributed by atoms with Gasteiger partial charge in [-0.25, -0.2) is 8.78 Å². The Morgan fingerprint density at radius 2 is 1.95 bits per heavy atom. The van der Waals surface area contributed by atoms with Crippen molar-refractivity contribution in [1.29, 1.82) is 0 Å². The molecule has 0 atom stereocenters. The minimum atomic E-state index is -2.51. The van der Waals surface area contributed by atoms with Crippen molar-refractivity contribution in [2.75, 3.05) is 6.61 Å². The highest BCUT2D eigenvalue weighted by atomic mass is 35.5. The number of rotatable bonds is 3. The van der Waals surface area contributed by atoms with Crippen LogP contribution in [0, 0.1) is 5.92 Å². The third kappa shape index (κ3) is 3.10. The molecule has 3 nitrogen and oxygen atoms in total. The summed E-state index contributed by atoms with van der Waals surface area (Å²) in [5, 5.41) is 0.905. The molecule has 6 heteroatoms. The molecular formula is C14H14ClF2NO2. The molecule has 0 saturated heterocycles. The molecule has 0 unspecified atom stereocenters. The number of hydrogen-bond donors (Lipinski definition) is 1. The second-order valence-corrected chi connectivity index (χ2v) is 5.01. The Bertz CT molecular complexity index is 664. The number of halogens is 3. The summed E-state index contributed by atoms with van der Waals surface area (Å²) in [6, 6.07) is 8.50. The number of ether oxygens (including phenoxy) is 1. The third-order valence-corrected chi connectivity index (χ3v) is 3.36. The summed E-state index contributed by atoms with van der Waals surface area (Å²) in [4.78, 5) is 13.9. The van der Waals surface area contributed by atoms with Crippen LogP contribution in [0.1, 0.15) is 12.8 Å². The molecule has 0 spiro atoms. The number of nitrogens with one attached hydrogen (secondary N) is 1. The number of alkyl halides is 2. The number of fused-ring (bicyclic) bond motifs is 1. The summed E-state index contributed by atoms with van der Waals surface area (Å²) in [6.07, 6.45) is -0.200. The zero-order valence-corrected chi connectivity index (χ0v) is 11.4. The van der Waals surface area contributed by atoms with Crippen LogP contribution in [-0.2, 0) is 0 Å². The van der Waals surface area contributed by atoms with Crippen molar-refractivity contribution in [2.24, 2.45) is 5.92 Å². The topological polar surface area (TPSA) is 42.1 Å². The summed E-state index contributed by atoms with van der Waals surface area (Å²) in [5.74, 6) is -2.01. The quantitative estimate of drug-likeness (QED) is 0.944. The van der Waals surface area contributed by atoms with Crippen LogP contribution in [0.2, 0.25) is 0 Å². The first-order valence-corrected chi connectivity index (χ1v) is 6.16.